The normalized spacial score (nSPS) is 14.1. The van der Waals surface area contributed by atoms with Gasteiger partial charge in [0.1, 0.15) is 0 Å². The van der Waals surface area contributed by atoms with E-state index in [2.05, 4.69) is 266 Å². The van der Waals surface area contributed by atoms with Gasteiger partial charge in [-0.2, -0.15) is 0 Å². The zero-order valence-corrected chi connectivity index (χ0v) is 37.0. The minimum absolute atomic E-state index is 0.159. The Morgan fingerprint density at radius 1 is 0.333 bits per heavy atom. The molecule has 0 saturated carbocycles. The number of anilines is 6. The van der Waals surface area contributed by atoms with Crippen LogP contribution in [0.15, 0.2) is 243 Å². The van der Waals surface area contributed by atoms with E-state index < -0.39 is 5.41 Å². The van der Waals surface area contributed by atoms with E-state index in [1.54, 1.807) is 0 Å². The van der Waals surface area contributed by atoms with Gasteiger partial charge in [-0.05, 0) is 127 Å². The molecule has 10 aromatic carbocycles. The molecule has 1 heterocycles. The third kappa shape index (κ3) is 5.42. The molecule has 0 unspecified atom stereocenters. The van der Waals surface area contributed by atoms with E-state index in [0.717, 1.165) is 22.7 Å². The van der Waals surface area contributed by atoms with Crippen LogP contribution in [0.5, 0.6) is 0 Å². The summed E-state index contributed by atoms with van der Waals surface area (Å²) in [5, 5.41) is 0. The van der Waals surface area contributed by atoms with Gasteiger partial charge in [0.25, 0.3) is 0 Å². The van der Waals surface area contributed by atoms with Gasteiger partial charge in [-0.1, -0.05) is 202 Å². The minimum atomic E-state index is -0.571. The summed E-state index contributed by atoms with van der Waals surface area (Å²) in [7, 11) is 0. The molecular formula is C64H46N2. The second-order valence-corrected chi connectivity index (χ2v) is 18.4. The molecule has 0 fully saturated rings. The van der Waals surface area contributed by atoms with Crippen LogP contribution in [0.4, 0.5) is 34.1 Å². The number of nitrogens with zero attached hydrogens (tertiary/aromatic N) is 2. The molecule has 0 amide bonds. The van der Waals surface area contributed by atoms with E-state index in [0.29, 0.717) is 0 Å². The van der Waals surface area contributed by atoms with Gasteiger partial charge in [0.05, 0.1) is 22.5 Å². The highest BCUT2D eigenvalue weighted by molar-refractivity contribution is 6.02. The van der Waals surface area contributed by atoms with Gasteiger partial charge in [0.15, 0.2) is 0 Å². The van der Waals surface area contributed by atoms with Gasteiger partial charge in [0, 0.05) is 28.0 Å². The first-order valence-corrected chi connectivity index (χ1v) is 23.1. The van der Waals surface area contributed by atoms with Crippen LogP contribution in [0.1, 0.15) is 47.2 Å². The summed E-state index contributed by atoms with van der Waals surface area (Å²) in [6.07, 6.45) is 0. The van der Waals surface area contributed by atoms with Crippen LogP contribution in [0.3, 0.4) is 0 Å². The summed E-state index contributed by atoms with van der Waals surface area (Å²) in [5.74, 6) is 0. The zero-order chi connectivity index (χ0) is 44.0. The van der Waals surface area contributed by atoms with Crippen molar-refractivity contribution in [2.45, 2.75) is 24.7 Å². The number of fused-ring (bicyclic) bond motifs is 12. The van der Waals surface area contributed by atoms with E-state index in [9.17, 15) is 0 Å². The molecule has 0 bridgehead atoms. The lowest BCUT2D eigenvalue weighted by Gasteiger charge is -2.45. The second kappa shape index (κ2) is 14.7. The molecule has 0 aromatic heterocycles. The predicted molar refractivity (Wildman–Crippen MR) is 275 cm³/mol. The van der Waals surface area contributed by atoms with Gasteiger partial charge in [-0.15, -0.1) is 0 Å². The highest BCUT2D eigenvalue weighted by Crippen LogP contribution is 2.65. The van der Waals surface area contributed by atoms with Gasteiger partial charge < -0.3 is 9.80 Å². The molecule has 66 heavy (non-hydrogen) atoms. The Morgan fingerprint density at radius 2 is 0.818 bits per heavy atom. The largest absolute Gasteiger partial charge is 0.310 e. The smallest absolute Gasteiger partial charge is 0.0755 e. The van der Waals surface area contributed by atoms with Crippen molar-refractivity contribution in [2.75, 3.05) is 9.80 Å². The first-order valence-electron chi connectivity index (χ1n) is 23.1. The lowest BCUT2D eigenvalue weighted by Crippen LogP contribution is -2.36. The van der Waals surface area contributed by atoms with E-state index in [1.165, 1.54) is 89.3 Å². The molecule has 2 heteroatoms. The molecular weight excluding hydrogens is 797 g/mol. The molecule has 2 aliphatic carbocycles. The number of hydrogen-bond donors (Lipinski definition) is 0. The molecule has 0 atom stereocenters. The fourth-order valence-corrected chi connectivity index (χ4v) is 11.8. The molecule has 0 N–H and O–H groups in total. The molecule has 312 valence electrons. The maximum atomic E-state index is 2.53. The number of rotatable bonds is 6. The lowest BCUT2D eigenvalue weighted by molar-refractivity contribution is 0.660. The van der Waals surface area contributed by atoms with Crippen LogP contribution in [0.2, 0.25) is 0 Å². The summed E-state index contributed by atoms with van der Waals surface area (Å²) in [6.45, 7) is 4.75. The molecule has 0 radical (unpaired) electrons. The van der Waals surface area contributed by atoms with Gasteiger partial charge >= 0.3 is 0 Å². The molecule has 10 aromatic rings. The third-order valence-corrected chi connectivity index (χ3v) is 14.7. The molecule has 0 saturated heterocycles. The molecule has 1 aliphatic heterocycles. The lowest BCUT2D eigenvalue weighted by atomic mass is 9.64. The van der Waals surface area contributed by atoms with Crippen molar-refractivity contribution >= 4 is 34.1 Å². The maximum absolute atomic E-state index is 2.53. The van der Waals surface area contributed by atoms with Crippen LogP contribution in [0.25, 0.3) is 44.5 Å². The van der Waals surface area contributed by atoms with Crippen LogP contribution in [0, 0.1) is 0 Å². The van der Waals surface area contributed by atoms with Gasteiger partial charge in [-0.3, -0.25) is 0 Å². The Labute approximate surface area is 387 Å². The monoisotopic (exact) mass is 842 g/mol. The van der Waals surface area contributed by atoms with Gasteiger partial charge in [0.2, 0.25) is 0 Å². The van der Waals surface area contributed by atoms with Crippen LogP contribution in [-0.4, -0.2) is 0 Å². The van der Waals surface area contributed by atoms with E-state index in [-0.39, 0.29) is 5.41 Å². The SMILES string of the molecule is CC1(C)c2ccccc2-c2ccc(N(c3ccc(-c4ccccc4-c4ccccc4)cc3)c3cccc4c3-c3ccccc3C43c4ccccc4N(c4ccccc4)c4ccccc43)cc21. The predicted octanol–water partition coefficient (Wildman–Crippen LogP) is 16.9. The Balaban J connectivity index is 1.06. The van der Waals surface area contributed by atoms with Crippen molar-refractivity contribution in [1.82, 2.24) is 0 Å². The van der Waals surface area contributed by atoms with E-state index >= 15 is 0 Å². The zero-order valence-electron chi connectivity index (χ0n) is 37.0. The number of hydrogen-bond acceptors (Lipinski definition) is 2. The van der Waals surface area contributed by atoms with Gasteiger partial charge in [-0.25, -0.2) is 0 Å². The average molecular weight is 843 g/mol. The number of para-hydroxylation sites is 3. The summed E-state index contributed by atoms with van der Waals surface area (Å²) >= 11 is 0. The van der Waals surface area contributed by atoms with E-state index in [4.69, 9.17) is 0 Å². The molecule has 13 rings (SSSR count). The Bertz CT molecular complexity index is 3460. The van der Waals surface area contributed by atoms with Crippen molar-refractivity contribution in [3.05, 3.63) is 276 Å². The number of benzene rings is 10. The average Bonchev–Trinajstić information content (AvgIpc) is 3.80. The third-order valence-electron chi connectivity index (χ3n) is 14.7. The maximum Gasteiger partial charge on any atom is 0.0755 e. The fourth-order valence-electron chi connectivity index (χ4n) is 11.8. The quantitative estimate of drug-likeness (QED) is 0.165. The first kappa shape index (κ1) is 38.3. The summed E-state index contributed by atoms with van der Waals surface area (Å²) in [6, 6.07) is 90.0. The summed E-state index contributed by atoms with van der Waals surface area (Å²) in [4.78, 5) is 4.98. The Morgan fingerprint density at radius 3 is 1.48 bits per heavy atom. The standard InChI is InChI=1S/C64H46N2/c1-63(2)53-28-13-11-26-50(53)51-41-40-47(42-58(51)63)65(46-38-36-44(37-39-46)49-25-10-9-24-48(49)43-20-5-3-6-21-43)61-35-19-32-57-62(61)52-27-12-14-29-54(52)64(57)55-30-15-17-33-59(55)66(45-22-7-4-8-23-45)60-34-18-16-31-56(60)64/h3-42H,1-2H3. The Kier molecular flexibility index (Phi) is 8.51. The van der Waals surface area contributed by atoms with Crippen LogP contribution in [-0.2, 0) is 10.8 Å². The van der Waals surface area contributed by atoms with Crippen LogP contribution >= 0.6 is 0 Å². The summed E-state index contributed by atoms with van der Waals surface area (Å²) < 4.78 is 0. The highest BCUT2D eigenvalue weighted by atomic mass is 15.2. The first-order chi connectivity index (χ1) is 32.5. The van der Waals surface area contributed by atoms with Crippen molar-refractivity contribution in [2.24, 2.45) is 0 Å². The molecule has 1 spiro atoms. The van der Waals surface area contributed by atoms with Crippen molar-refractivity contribution in [1.29, 1.82) is 0 Å². The summed E-state index contributed by atoms with van der Waals surface area (Å²) in [5.41, 5.74) is 24.1. The van der Waals surface area contributed by atoms with Crippen molar-refractivity contribution in [3.8, 4) is 44.5 Å². The van der Waals surface area contributed by atoms with Crippen molar-refractivity contribution in [3.63, 3.8) is 0 Å². The van der Waals surface area contributed by atoms with E-state index in [1.807, 2.05) is 0 Å². The fraction of sp³-hybridized carbons (Fsp3) is 0.0625. The molecule has 3 aliphatic rings. The molecule has 2 nitrogen and oxygen atoms in total. The second-order valence-electron chi connectivity index (χ2n) is 18.4. The van der Waals surface area contributed by atoms with Crippen LogP contribution < -0.4 is 9.80 Å². The van der Waals surface area contributed by atoms with Crippen molar-refractivity contribution < 1.29 is 0 Å². The Hall–Kier alpha value is -8.20. The highest BCUT2D eigenvalue weighted by Gasteiger charge is 2.52. The topological polar surface area (TPSA) is 6.48 Å². The minimum Gasteiger partial charge on any atom is -0.310 e.